The van der Waals surface area contributed by atoms with E-state index in [2.05, 4.69) is 28.0 Å². The number of aryl methyl sites for hydroxylation is 1. The Kier molecular flexibility index (Phi) is 4.89. The van der Waals surface area contributed by atoms with Crippen molar-refractivity contribution in [3.63, 3.8) is 0 Å². The Morgan fingerprint density at radius 3 is 2.88 bits per heavy atom. The second kappa shape index (κ2) is 7.25. The number of rotatable bonds is 6. The predicted molar refractivity (Wildman–Crippen MR) is 92.5 cm³/mol. The molecule has 3 rings (SSSR count). The van der Waals surface area contributed by atoms with Crippen LogP contribution < -0.4 is 5.32 Å². The average molecular weight is 325 g/mol. The Labute approximate surface area is 140 Å². The minimum absolute atomic E-state index is 0.0765. The molecule has 0 aliphatic carbocycles. The number of fused-ring (bicyclic) bond motifs is 1. The highest BCUT2D eigenvalue weighted by molar-refractivity contribution is 5.94. The first-order valence-corrected chi connectivity index (χ1v) is 8.16. The van der Waals surface area contributed by atoms with Gasteiger partial charge in [0.05, 0.1) is 5.56 Å². The summed E-state index contributed by atoms with van der Waals surface area (Å²) in [7, 11) is 0. The summed E-state index contributed by atoms with van der Waals surface area (Å²) >= 11 is 0. The van der Waals surface area contributed by atoms with E-state index < -0.39 is 5.82 Å². The number of nitrogens with one attached hydrogen (secondary N) is 1. The van der Waals surface area contributed by atoms with Gasteiger partial charge in [0.1, 0.15) is 11.5 Å². The van der Waals surface area contributed by atoms with E-state index >= 15 is 0 Å². The third kappa shape index (κ3) is 3.30. The zero-order chi connectivity index (χ0) is 16.9. The lowest BCUT2D eigenvalue weighted by Gasteiger charge is -2.05. The number of halogens is 1. The van der Waals surface area contributed by atoms with Gasteiger partial charge in [-0.3, -0.25) is 4.79 Å². The van der Waals surface area contributed by atoms with Gasteiger partial charge in [0.2, 0.25) is 0 Å². The average Bonchev–Trinajstić information content (AvgIpc) is 2.94. The van der Waals surface area contributed by atoms with Crippen molar-refractivity contribution in [2.45, 2.75) is 26.3 Å². The molecule has 124 valence electrons. The van der Waals surface area contributed by atoms with Gasteiger partial charge in [-0.15, -0.1) is 0 Å². The molecule has 4 nitrogen and oxygen atoms in total. The van der Waals surface area contributed by atoms with Crippen molar-refractivity contribution in [3.05, 3.63) is 65.7 Å². The van der Waals surface area contributed by atoms with Crippen LogP contribution in [0.3, 0.4) is 0 Å². The molecular formula is C19H20FN3O. The van der Waals surface area contributed by atoms with Crippen LogP contribution in [0.4, 0.5) is 4.39 Å². The molecule has 5 heteroatoms. The topological polar surface area (TPSA) is 46.9 Å². The Morgan fingerprint density at radius 1 is 1.25 bits per heavy atom. The summed E-state index contributed by atoms with van der Waals surface area (Å²) in [5, 5.41) is 3.89. The number of carbonyl (C=O) groups is 1. The normalized spacial score (nSPS) is 10.9. The molecule has 0 unspecified atom stereocenters. The summed E-state index contributed by atoms with van der Waals surface area (Å²) in [5.41, 5.74) is 2.18. The van der Waals surface area contributed by atoms with Gasteiger partial charge in [-0.1, -0.05) is 19.1 Å². The first-order chi connectivity index (χ1) is 11.7. The smallest absolute Gasteiger partial charge is 0.254 e. The quantitative estimate of drug-likeness (QED) is 0.753. The summed E-state index contributed by atoms with van der Waals surface area (Å²) in [6.45, 7) is 3.49. The molecule has 0 bridgehead atoms. The standard InChI is InChI=1S/C19H20FN3O/c1-2-12-23-13-14(15-7-5-10-21-18(15)23)9-11-22-19(24)16-6-3-4-8-17(16)20/h3-8,10,13H,2,9,11-12H2,1H3,(H,22,24). The van der Waals surface area contributed by atoms with E-state index in [-0.39, 0.29) is 11.5 Å². The molecule has 24 heavy (non-hydrogen) atoms. The maximum atomic E-state index is 13.6. The molecule has 0 saturated carbocycles. The van der Waals surface area contributed by atoms with E-state index in [1.165, 1.54) is 12.1 Å². The molecular weight excluding hydrogens is 305 g/mol. The van der Waals surface area contributed by atoms with E-state index in [4.69, 9.17) is 0 Å². The third-order valence-electron chi connectivity index (χ3n) is 3.98. The van der Waals surface area contributed by atoms with E-state index in [1.54, 1.807) is 18.3 Å². The molecule has 3 aromatic rings. The van der Waals surface area contributed by atoms with Crippen molar-refractivity contribution >= 4 is 16.9 Å². The van der Waals surface area contributed by atoms with Crippen molar-refractivity contribution in [1.29, 1.82) is 0 Å². The fourth-order valence-electron chi connectivity index (χ4n) is 2.86. The highest BCUT2D eigenvalue weighted by atomic mass is 19.1. The van der Waals surface area contributed by atoms with Crippen molar-refractivity contribution in [1.82, 2.24) is 14.9 Å². The molecule has 1 amide bonds. The van der Waals surface area contributed by atoms with E-state index in [9.17, 15) is 9.18 Å². The van der Waals surface area contributed by atoms with Gasteiger partial charge in [0.25, 0.3) is 5.91 Å². The molecule has 0 saturated heterocycles. The second-order valence-corrected chi connectivity index (χ2v) is 5.71. The number of nitrogens with zero attached hydrogens (tertiary/aromatic N) is 2. The molecule has 0 atom stereocenters. The van der Waals surface area contributed by atoms with Gasteiger partial charge in [-0.2, -0.15) is 0 Å². The molecule has 0 radical (unpaired) electrons. The molecule has 2 heterocycles. The summed E-state index contributed by atoms with van der Waals surface area (Å²) in [6, 6.07) is 9.97. The Balaban J connectivity index is 1.70. The molecule has 2 aromatic heterocycles. The van der Waals surface area contributed by atoms with Gasteiger partial charge in [0.15, 0.2) is 0 Å². The van der Waals surface area contributed by atoms with Crippen LogP contribution >= 0.6 is 0 Å². The predicted octanol–water partition coefficient (Wildman–Crippen LogP) is 3.56. The summed E-state index contributed by atoms with van der Waals surface area (Å²) in [4.78, 5) is 16.5. The van der Waals surface area contributed by atoms with E-state index in [1.807, 2.05) is 12.1 Å². The lowest BCUT2D eigenvalue weighted by molar-refractivity contribution is 0.0950. The first kappa shape index (κ1) is 16.2. The fraction of sp³-hybridized carbons (Fsp3) is 0.263. The number of aromatic nitrogens is 2. The van der Waals surface area contributed by atoms with Crippen LogP contribution in [-0.4, -0.2) is 22.0 Å². The van der Waals surface area contributed by atoms with Crippen LogP contribution in [0.15, 0.2) is 48.8 Å². The zero-order valence-corrected chi connectivity index (χ0v) is 13.6. The third-order valence-corrected chi connectivity index (χ3v) is 3.98. The zero-order valence-electron chi connectivity index (χ0n) is 13.6. The van der Waals surface area contributed by atoms with Gasteiger partial charge < -0.3 is 9.88 Å². The first-order valence-electron chi connectivity index (χ1n) is 8.16. The van der Waals surface area contributed by atoms with Crippen LogP contribution in [0, 0.1) is 5.82 Å². The van der Waals surface area contributed by atoms with Crippen LogP contribution in [0.1, 0.15) is 29.3 Å². The SMILES string of the molecule is CCCn1cc(CCNC(=O)c2ccccc2F)c2cccnc21. The monoisotopic (exact) mass is 325 g/mol. The Hall–Kier alpha value is -2.69. The van der Waals surface area contributed by atoms with Crippen LogP contribution in [0.5, 0.6) is 0 Å². The largest absolute Gasteiger partial charge is 0.352 e. The highest BCUT2D eigenvalue weighted by Gasteiger charge is 2.12. The second-order valence-electron chi connectivity index (χ2n) is 5.71. The van der Waals surface area contributed by atoms with Gasteiger partial charge in [-0.05, 0) is 42.7 Å². The number of carbonyl (C=O) groups excluding carboxylic acids is 1. The molecule has 0 fully saturated rings. The molecule has 0 aliphatic heterocycles. The molecule has 1 N–H and O–H groups in total. The van der Waals surface area contributed by atoms with Crippen molar-refractivity contribution in [2.75, 3.05) is 6.54 Å². The lowest BCUT2D eigenvalue weighted by atomic mass is 10.1. The highest BCUT2D eigenvalue weighted by Crippen LogP contribution is 2.20. The number of amides is 1. The minimum atomic E-state index is -0.501. The van der Waals surface area contributed by atoms with Crippen molar-refractivity contribution < 1.29 is 9.18 Å². The molecule has 1 aromatic carbocycles. The minimum Gasteiger partial charge on any atom is -0.352 e. The van der Waals surface area contributed by atoms with Crippen LogP contribution in [0.2, 0.25) is 0 Å². The number of hydrogen-bond donors (Lipinski definition) is 1. The summed E-state index contributed by atoms with van der Waals surface area (Å²) in [6.07, 6.45) is 5.59. The van der Waals surface area contributed by atoms with Crippen LogP contribution in [-0.2, 0) is 13.0 Å². The van der Waals surface area contributed by atoms with Crippen molar-refractivity contribution in [2.24, 2.45) is 0 Å². The Bertz CT molecular complexity index is 857. The van der Waals surface area contributed by atoms with E-state index in [0.29, 0.717) is 13.0 Å². The number of pyridine rings is 1. The van der Waals surface area contributed by atoms with E-state index in [0.717, 1.165) is 29.6 Å². The fourth-order valence-corrected chi connectivity index (χ4v) is 2.86. The molecule has 0 aliphatic rings. The number of hydrogen-bond acceptors (Lipinski definition) is 2. The molecule has 0 spiro atoms. The summed E-state index contributed by atoms with van der Waals surface area (Å²) < 4.78 is 15.8. The van der Waals surface area contributed by atoms with Crippen LogP contribution in [0.25, 0.3) is 11.0 Å². The van der Waals surface area contributed by atoms with Gasteiger partial charge in [-0.25, -0.2) is 9.37 Å². The van der Waals surface area contributed by atoms with Gasteiger partial charge in [0, 0.05) is 30.9 Å². The lowest BCUT2D eigenvalue weighted by Crippen LogP contribution is -2.26. The van der Waals surface area contributed by atoms with Gasteiger partial charge >= 0.3 is 0 Å². The maximum Gasteiger partial charge on any atom is 0.254 e. The Morgan fingerprint density at radius 2 is 2.08 bits per heavy atom. The number of benzene rings is 1. The van der Waals surface area contributed by atoms with Crippen molar-refractivity contribution in [3.8, 4) is 0 Å². The maximum absolute atomic E-state index is 13.6. The summed E-state index contributed by atoms with van der Waals surface area (Å²) in [5.74, 6) is -0.887.